The summed E-state index contributed by atoms with van der Waals surface area (Å²) in [6.07, 6.45) is 2.32. The number of carbonyl (C=O) groups excluding carboxylic acids is 2. The van der Waals surface area contributed by atoms with Gasteiger partial charge in [-0.05, 0) is 67.2 Å². The first-order valence-corrected chi connectivity index (χ1v) is 12.3. The molecule has 0 aromatic heterocycles. The Hall–Kier alpha value is -3.35. The van der Waals surface area contributed by atoms with E-state index in [1.165, 1.54) is 11.1 Å². The Morgan fingerprint density at radius 2 is 1.63 bits per heavy atom. The summed E-state index contributed by atoms with van der Waals surface area (Å²) in [5, 5.41) is 14.8. The Labute approximate surface area is 206 Å². The molecule has 2 aromatic carbocycles. The number of hydrogen-bond donors (Lipinski definition) is 3. The number of carboxylic acid groups (broad SMARTS) is 1. The Morgan fingerprint density at radius 1 is 1.03 bits per heavy atom. The number of ether oxygens (including phenoxy) is 1. The molecule has 7 nitrogen and oxygen atoms in total. The summed E-state index contributed by atoms with van der Waals surface area (Å²) in [6, 6.07) is 16.4. The van der Waals surface area contributed by atoms with Gasteiger partial charge in [0.05, 0.1) is 6.42 Å². The Bertz CT molecular complexity index is 1050. The van der Waals surface area contributed by atoms with Gasteiger partial charge in [0.25, 0.3) is 0 Å². The van der Waals surface area contributed by atoms with E-state index in [9.17, 15) is 14.4 Å². The van der Waals surface area contributed by atoms with E-state index in [1.807, 2.05) is 38.1 Å². The molecule has 0 bridgehead atoms. The van der Waals surface area contributed by atoms with Crippen LogP contribution in [0.15, 0.2) is 48.5 Å². The van der Waals surface area contributed by atoms with Crippen molar-refractivity contribution in [1.29, 1.82) is 0 Å². The minimum absolute atomic E-state index is 0.00717. The number of aliphatic carboxylic acids is 1. The zero-order chi connectivity index (χ0) is 25.0. The van der Waals surface area contributed by atoms with Crippen molar-refractivity contribution in [1.82, 2.24) is 10.6 Å². The molecule has 1 saturated carbocycles. The fourth-order valence-electron chi connectivity index (χ4n) is 4.93. The van der Waals surface area contributed by atoms with Gasteiger partial charge in [-0.1, -0.05) is 48.5 Å². The normalized spacial score (nSPS) is 15.6. The van der Waals surface area contributed by atoms with Crippen LogP contribution in [0, 0.1) is 11.8 Å². The first-order valence-electron chi connectivity index (χ1n) is 12.3. The molecule has 1 atom stereocenters. The lowest BCUT2D eigenvalue weighted by Crippen LogP contribution is -2.45. The molecule has 35 heavy (non-hydrogen) atoms. The van der Waals surface area contributed by atoms with Crippen LogP contribution in [0.5, 0.6) is 0 Å². The molecule has 4 rings (SSSR count). The molecule has 2 aromatic rings. The maximum atomic E-state index is 12.6. The molecule has 1 fully saturated rings. The second kappa shape index (κ2) is 10.5. The minimum Gasteiger partial charge on any atom is -0.481 e. The average Bonchev–Trinajstić information content (AvgIpc) is 3.61. The number of carboxylic acids is 1. The van der Waals surface area contributed by atoms with E-state index in [4.69, 9.17) is 9.84 Å². The summed E-state index contributed by atoms with van der Waals surface area (Å²) in [4.78, 5) is 36.0. The van der Waals surface area contributed by atoms with Crippen LogP contribution in [0.3, 0.4) is 0 Å². The number of rotatable bonds is 11. The van der Waals surface area contributed by atoms with Crippen LogP contribution in [-0.2, 0) is 14.3 Å². The fourth-order valence-corrected chi connectivity index (χ4v) is 4.93. The second-order valence-corrected chi connectivity index (χ2v) is 10.3. The molecule has 2 amide bonds. The van der Waals surface area contributed by atoms with E-state index in [1.54, 1.807) is 0 Å². The highest BCUT2D eigenvalue weighted by molar-refractivity contribution is 5.79. The first-order chi connectivity index (χ1) is 16.7. The third-order valence-electron chi connectivity index (χ3n) is 7.05. The third kappa shape index (κ3) is 6.41. The van der Waals surface area contributed by atoms with Crippen LogP contribution in [-0.4, -0.2) is 41.8 Å². The molecule has 186 valence electrons. The van der Waals surface area contributed by atoms with Gasteiger partial charge < -0.3 is 20.5 Å². The molecule has 2 aliphatic carbocycles. The van der Waals surface area contributed by atoms with E-state index in [-0.39, 0.29) is 37.2 Å². The highest BCUT2D eigenvalue weighted by Crippen LogP contribution is 2.44. The Morgan fingerprint density at radius 3 is 2.20 bits per heavy atom. The van der Waals surface area contributed by atoms with Crippen molar-refractivity contribution < 1.29 is 24.2 Å². The van der Waals surface area contributed by atoms with Gasteiger partial charge >= 0.3 is 12.1 Å². The van der Waals surface area contributed by atoms with Gasteiger partial charge in [-0.2, -0.15) is 0 Å². The summed E-state index contributed by atoms with van der Waals surface area (Å²) in [5.41, 5.74) is 4.04. The molecule has 0 heterocycles. The molecule has 0 saturated heterocycles. The van der Waals surface area contributed by atoms with Crippen molar-refractivity contribution in [2.45, 2.75) is 57.4 Å². The highest BCUT2D eigenvalue weighted by atomic mass is 16.5. The van der Waals surface area contributed by atoms with Gasteiger partial charge in [0.2, 0.25) is 5.91 Å². The molecular weight excluding hydrogens is 444 g/mol. The number of nitrogens with one attached hydrogen (secondary N) is 2. The molecule has 1 unspecified atom stereocenters. The van der Waals surface area contributed by atoms with E-state index < -0.39 is 17.6 Å². The standard InChI is InChI=1S/C28H34N2O5/c1-28(2,14-13-25(31)29-16-19(15-26(32)33)18-11-12-18)30-27(34)35-17-24-22-9-5-3-7-20(22)21-8-4-6-10-23(21)24/h3-10,18-19,24H,11-17H2,1-2H3,(H,29,31)(H,30,34)(H,32,33). The van der Waals surface area contributed by atoms with E-state index in [0.29, 0.717) is 18.9 Å². The lowest BCUT2D eigenvalue weighted by Gasteiger charge is -2.26. The number of alkyl carbamates (subject to hydrolysis) is 1. The first kappa shape index (κ1) is 24.8. The van der Waals surface area contributed by atoms with Crippen LogP contribution in [0.1, 0.15) is 63.0 Å². The minimum atomic E-state index is -0.829. The summed E-state index contributed by atoms with van der Waals surface area (Å²) in [5.74, 6) is -0.582. The summed E-state index contributed by atoms with van der Waals surface area (Å²) in [6.45, 7) is 4.34. The monoisotopic (exact) mass is 478 g/mol. The Kier molecular flexibility index (Phi) is 7.43. The molecule has 2 aliphatic rings. The van der Waals surface area contributed by atoms with Crippen LogP contribution in [0.25, 0.3) is 11.1 Å². The van der Waals surface area contributed by atoms with E-state index in [0.717, 1.165) is 24.0 Å². The van der Waals surface area contributed by atoms with Gasteiger partial charge in [0.15, 0.2) is 0 Å². The second-order valence-electron chi connectivity index (χ2n) is 10.3. The largest absolute Gasteiger partial charge is 0.481 e. The van der Waals surface area contributed by atoms with Gasteiger partial charge in [-0.15, -0.1) is 0 Å². The molecule has 3 N–H and O–H groups in total. The van der Waals surface area contributed by atoms with Crippen molar-refractivity contribution in [2.75, 3.05) is 13.2 Å². The predicted molar refractivity (Wildman–Crippen MR) is 133 cm³/mol. The molecule has 0 radical (unpaired) electrons. The van der Waals surface area contributed by atoms with Crippen LogP contribution >= 0.6 is 0 Å². The third-order valence-corrected chi connectivity index (χ3v) is 7.05. The quantitative estimate of drug-likeness (QED) is 0.434. The van der Waals surface area contributed by atoms with Gasteiger partial charge in [0, 0.05) is 24.4 Å². The predicted octanol–water partition coefficient (Wildman–Crippen LogP) is 4.70. The molecule has 0 aliphatic heterocycles. The molecular formula is C28H34N2O5. The number of amides is 2. The maximum absolute atomic E-state index is 12.6. The number of hydrogen-bond acceptors (Lipinski definition) is 4. The van der Waals surface area contributed by atoms with Crippen molar-refractivity contribution >= 4 is 18.0 Å². The van der Waals surface area contributed by atoms with Gasteiger partial charge in [0.1, 0.15) is 6.61 Å². The van der Waals surface area contributed by atoms with Crippen LogP contribution < -0.4 is 10.6 Å². The van der Waals surface area contributed by atoms with Crippen molar-refractivity contribution in [3.05, 3.63) is 59.7 Å². The number of fused-ring (bicyclic) bond motifs is 3. The lowest BCUT2D eigenvalue weighted by atomic mass is 9.97. The maximum Gasteiger partial charge on any atom is 0.407 e. The number of benzene rings is 2. The van der Waals surface area contributed by atoms with Crippen LogP contribution in [0.4, 0.5) is 4.79 Å². The fraction of sp³-hybridized carbons (Fsp3) is 0.464. The topological polar surface area (TPSA) is 105 Å². The Balaban J connectivity index is 1.24. The highest BCUT2D eigenvalue weighted by Gasteiger charge is 2.33. The molecule has 7 heteroatoms. The van der Waals surface area contributed by atoms with E-state index >= 15 is 0 Å². The SMILES string of the molecule is CC(C)(CCC(=O)NCC(CC(=O)O)C1CC1)NC(=O)OCC1c2ccccc2-c2ccccc21. The van der Waals surface area contributed by atoms with Gasteiger partial charge in [-0.25, -0.2) is 4.79 Å². The van der Waals surface area contributed by atoms with Crippen molar-refractivity contribution in [2.24, 2.45) is 11.8 Å². The van der Waals surface area contributed by atoms with Crippen molar-refractivity contribution in [3.8, 4) is 11.1 Å². The molecule has 0 spiro atoms. The number of carbonyl (C=O) groups is 3. The van der Waals surface area contributed by atoms with Gasteiger partial charge in [-0.3, -0.25) is 9.59 Å². The van der Waals surface area contributed by atoms with Crippen LogP contribution in [0.2, 0.25) is 0 Å². The summed E-state index contributed by atoms with van der Waals surface area (Å²) in [7, 11) is 0. The smallest absolute Gasteiger partial charge is 0.407 e. The average molecular weight is 479 g/mol. The lowest BCUT2D eigenvalue weighted by molar-refractivity contribution is -0.138. The zero-order valence-electron chi connectivity index (χ0n) is 20.4. The summed E-state index contributed by atoms with van der Waals surface area (Å²) >= 11 is 0. The van der Waals surface area contributed by atoms with E-state index in [2.05, 4.69) is 34.9 Å². The van der Waals surface area contributed by atoms with Crippen molar-refractivity contribution in [3.63, 3.8) is 0 Å². The zero-order valence-corrected chi connectivity index (χ0v) is 20.4. The summed E-state index contributed by atoms with van der Waals surface area (Å²) < 4.78 is 5.63.